The molecule has 0 fully saturated rings. The molecule has 0 aliphatic heterocycles. The van der Waals surface area contributed by atoms with Crippen molar-refractivity contribution in [3.05, 3.63) is 35.4 Å². The molecule has 0 aromatic heterocycles. The van der Waals surface area contributed by atoms with Crippen LogP contribution < -0.4 is 0 Å². The predicted molar refractivity (Wildman–Crippen MR) is 52.9 cm³/mol. The Morgan fingerprint density at radius 2 is 2.13 bits per heavy atom. The Morgan fingerprint density at radius 1 is 1.40 bits per heavy atom. The molecule has 0 spiro atoms. The SMILES string of the molecule is CN(CCC#N)Cc1cc(F)ccc1F. The van der Waals surface area contributed by atoms with Crippen LogP contribution in [0.4, 0.5) is 8.78 Å². The Balaban J connectivity index is 2.64. The van der Waals surface area contributed by atoms with Crippen LogP contribution in [0.3, 0.4) is 0 Å². The molecule has 0 radical (unpaired) electrons. The molecule has 0 atom stereocenters. The van der Waals surface area contributed by atoms with Gasteiger partial charge in [-0.2, -0.15) is 5.26 Å². The average Bonchev–Trinajstić information content (AvgIpc) is 2.20. The fraction of sp³-hybridized carbons (Fsp3) is 0.364. The summed E-state index contributed by atoms with van der Waals surface area (Å²) < 4.78 is 26.0. The highest BCUT2D eigenvalue weighted by atomic mass is 19.1. The van der Waals surface area contributed by atoms with Crippen LogP contribution in [0, 0.1) is 23.0 Å². The zero-order chi connectivity index (χ0) is 11.3. The van der Waals surface area contributed by atoms with Crippen LogP contribution in [0.2, 0.25) is 0 Å². The zero-order valence-electron chi connectivity index (χ0n) is 8.50. The lowest BCUT2D eigenvalue weighted by atomic mass is 10.2. The summed E-state index contributed by atoms with van der Waals surface area (Å²) in [6.07, 6.45) is 0.382. The van der Waals surface area contributed by atoms with E-state index in [9.17, 15) is 8.78 Å². The highest BCUT2D eigenvalue weighted by Gasteiger charge is 2.06. The number of rotatable bonds is 4. The molecule has 0 heterocycles. The lowest BCUT2D eigenvalue weighted by molar-refractivity contribution is 0.328. The van der Waals surface area contributed by atoms with E-state index in [-0.39, 0.29) is 0 Å². The van der Waals surface area contributed by atoms with Gasteiger partial charge in [0.05, 0.1) is 6.07 Å². The van der Waals surface area contributed by atoms with E-state index < -0.39 is 11.6 Å². The average molecular weight is 210 g/mol. The van der Waals surface area contributed by atoms with E-state index in [2.05, 4.69) is 0 Å². The van der Waals surface area contributed by atoms with Crippen LogP contribution in [0.1, 0.15) is 12.0 Å². The van der Waals surface area contributed by atoms with Gasteiger partial charge in [-0.05, 0) is 25.2 Å². The molecular formula is C11H12F2N2. The summed E-state index contributed by atoms with van der Waals surface area (Å²) in [5.74, 6) is -0.861. The molecule has 0 saturated carbocycles. The molecule has 0 saturated heterocycles. The van der Waals surface area contributed by atoms with Gasteiger partial charge in [0, 0.05) is 25.1 Å². The molecule has 0 N–H and O–H groups in total. The predicted octanol–water partition coefficient (Wildman–Crippen LogP) is 2.31. The van der Waals surface area contributed by atoms with Crippen LogP contribution >= 0.6 is 0 Å². The van der Waals surface area contributed by atoms with E-state index in [4.69, 9.17) is 5.26 Å². The number of benzene rings is 1. The van der Waals surface area contributed by atoms with Crippen LogP contribution in [0.25, 0.3) is 0 Å². The van der Waals surface area contributed by atoms with Crippen molar-refractivity contribution in [2.45, 2.75) is 13.0 Å². The number of hydrogen-bond acceptors (Lipinski definition) is 2. The minimum absolute atomic E-state index is 0.311. The Kier molecular flexibility index (Phi) is 4.19. The first kappa shape index (κ1) is 11.6. The van der Waals surface area contributed by atoms with E-state index in [1.807, 2.05) is 6.07 Å². The van der Waals surface area contributed by atoms with E-state index in [0.29, 0.717) is 25.1 Å². The Hall–Kier alpha value is -1.47. The highest BCUT2D eigenvalue weighted by molar-refractivity contribution is 5.18. The first-order chi connectivity index (χ1) is 7.13. The van der Waals surface area contributed by atoms with Crippen LogP contribution in [0.15, 0.2) is 18.2 Å². The summed E-state index contributed by atoms with van der Waals surface area (Å²) in [6.45, 7) is 0.859. The van der Waals surface area contributed by atoms with Gasteiger partial charge in [-0.25, -0.2) is 8.78 Å². The second-order valence-electron chi connectivity index (χ2n) is 3.38. The molecule has 0 bridgehead atoms. The molecule has 0 aliphatic carbocycles. The molecule has 1 aromatic carbocycles. The number of hydrogen-bond donors (Lipinski definition) is 0. The first-order valence-corrected chi connectivity index (χ1v) is 4.63. The maximum absolute atomic E-state index is 13.2. The van der Waals surface area contributed by atoms with Crippen molar-refractivity contribution >= 4 is 0 Å². The van der Waals surface area contributed by atoms with Crippen molar-refractivity contribution in [2.24, 2.45) is 0 Å². The van der Waals surface area contributed by atoms with Gasteiger partial charge in [-0.15, -0.1) is 0 Å². The monoisotopic (exact) mass is 210 g/mol. The zero-order valence-corrected chi connectivity index (χ0v) is 8.50. The summed E-state index contributed by atoms with van der Waals surface area (Å²) in [5.41, 5.74) is 0.315. The normalized spacial score (nSPS) is 10.3. The summed E-state index contributed by atoms with van der Waals surface area (Å²) >= 11 is 0. The van der Waals surface area contributed by atoms with Crippen molar-refractivity contribution in [2.75, 3.05) is 13.6 Å². The van der Waals surface area contributed by atoms with Gasteiger partial charge >= 0.3 is 0 Å². The van der Waals surface area contributed by atoms with Crippen LogP contribution in [-0.4, -0.2) is 18.5 Å². The Labute approximate surface area is 87.7 Å². The molecule has 0 unspecified atom stereocenters. The second kappa shape index (κ2) is 5.42. The standard InChI is InChI=1S/C11H12F2N2/c1-15(6-2-5-14)8-9-7-10(12)3-4-11(9)13/h3-4,7H,2,6,8H2,1H3. The van der Waals surface area contributed by atoms with E-state index >= 15 is 0 Å². The topological polar surface area (TPSA) is 27.0 Å². The van der Waals surface area contributed by atoms with Crippen molar-refractivity contribution in [1.29, 1.82) is 5.26 Å². The minimum atomic E-state index is -0.444. The Morgan fingerprint density at radius 3 is 2.80 bits per heavy atom. The number of nitrogens with zero attached hydrogens (tertiary/aromatic N) is 2. The first-order valence-electron chi connectivity index (χ1n) is 4.63. The van der Waals surface area contributed by atoms with Gasteiger partial charge in [0.15, 0.2) is 0 Å². The maximum atomic E-state index is 13.2. The fourth-order valence-corrected chi connectivity index (χ4v) is 1.28. The van der Waals surface area contributed by atoms with Gasteiger partial charge in [0.1, 0.15) is 11.6 Å². The Bertz CT molecular complexity index is 371. The van der Waals surface area contributed by atoms with Gasteiger partial charge in [0.25, 0.3) is 0 Å². The molecule has 1 aromatic rings. The third kappa shape index (κ3) is 3.64. The van der Waals surface area contributed by atoms with Crippen molar-refractivity contribution in [3.8, 4) is 6.07 Å². The lowest BCUT2D eigenvalue weighted by Crippen LogP contribution is -2.19. The summed E-state index contributed by atoms with van der Waals surface area (Å²) in [7, 11) is 1.77. The molecule has 1 rings (SSSR count). The minimum Gasteiger partial charge on any atom is -0.301 e. The number of nitriles is 1. The van der Waals surface area contributed by atoms with Gasteiger partial charge in [-0.3, -0.25) is 0 Å². The van der Waals surface area contributed by atoms with E-state index in [1.165, 1.54) is 6.07 Å². The largest absolute Gasteiger partial charge is 0.301 e. The maximum Gasteiger partial charge on any atom is 0.127 e. The quantitative estimate of drug-likeness (QED) is 0.762. The molecule has 80 valence electrons. The molecule has 4 heteroatoms. The fourth-order valence-electron chi connectivity index (χ4n) is 1.28. The third-order valence-electron chi connectivity index (χ3n) is 2.05. The second-order valence-corrected chi connectivity index (χ2v) is 3.38. The highest BCUT2D eigenvalue weighted by Crippen LogP contribution is 2.11. The molecule has 0 amide bonds. The molecule has 2 nitrogen and oxygen atoms in total. The van der Waals surface area contributed by atoms with Gasteiger partial charge in [0.2, 0.25) is 0 Å². The smallest absolute Gasteiger partial charge is 0.127 e. The van der Waals surface area contributed by atoms with E-state index in [1.54, 1.807) is 11.9 Å². The summed E-state index contributed by atoms with van der Waals surface area (Å²) in [5, 5.41) is 8.37. The van der Waals surface area contributed by atoms with Crippen molar-refractivity contribution in [3.63, 3.8) is 0 Å². The molecular weight excluding hydrogens is 198 g/mol. The van der Waals surface area contributed by atoms with Crippen molar-refractivity contribution in [1.82, 2.24) is 4.90 Å². The van der Waals surface area contributed by atoms with Gasteiger partial charge < -0.3 is 4.90 Å². The van der Waals surface area contributed by atoms with Crippen LogP contribution in [-0.2, 0) is 6.54 Å². The summed E-state index contributed by atoms with van der Waals surface area (Å²) in [4.78, 5) is 1.78. The van der Waals surface area contributed by atoms with E-state index in [0.717, 1.165) is 12.1 Å². The summed E-state index contributed by atoms with van der Waals surface area (Å²) in [6, 6.07) is 5.38. The van der Waals surface area contributed by atoms with Crippen molar-refractivity contribution < 1.29 is 8.78 Å². The molecule has 0 aliphatic rings. The number of halogens is 2. The third-order valence-corrected chi connectivity index (χ3v) is 2.05. The van der Waals surface area contributed by atoms with Gasteiger partial charge in [-0.1, -0.05) is 0 Å². The lowest BCUT2D eigenvalue weighted by Gasteiger charge is -2.15. The molecule has 15 heavy (non-hydrogen) atoms. The van der Waals surface area contributed by atoms with Crippen LogP contribution in [0.5, 0.6) is 0 Å².